The van der Waals surface area contributed by atoms with Gasteiger partial charge in [-0.05, 0) is 25.7 Å². The quantitative estimate of drug-likeness (QED) is 0.751. The van der Waals surface area contributed by atoms with Crippen LogP contribution < -0.4 is 10.6 Å². The summed E-state index contributed by atoms with van der Waals surface area (Å²) < 4.78 is 11.7. The van der Waals surface area contributed by atoms with Crippen molar-refractivity contribution in [1.29, 1.82) is 0 Å². The van der Waals surface area contributed by atoms with Crippen LogP contribution in [0.5, 0.6) is 0 Å². The Bertz CT molecular complexity index is 602. The molecule has 8 heteroatoms. The van der Waals surface area contributed by atoms with Gasteiger partial charge < -0.3 is 20.1 Å². The summed E-state index contributed by atoms with van der Waals surface area (Å²) in [6.45, 7) is 11.5. The van der Waals surface area contributed by atoms with Crippen LogP contribution in [0.1, 0.15) is 41.5 Å². The number of carbonyl (C=O) groups excluding carboxylic acids is 2. The SMILES string of the molecule is CC(C)[C@@H]1NC(=O)[C@@H]2N=C(O[C@H]2C)[C@H](C(C)C)NC(=O)[C@H]2N=C1O[C@H]2C. The summed E-state index contributed by atoms with van der Waals surface area (Å²) in [5, 5.41) is 5.97. The molecule has 3 heterocycles. The minimum Gasteiger partial charge on any atom is -0.474 e. The molecule has 0 unspecified atom stereocenters. The number of nitrogens with one attached hydrogen (secondary N) is 2. The van der Waals surface area contributed by atoms with Crippen LogP contribution in [-0.2, 0) is 19.1 Å². The van der Waals surface area contributed by atoms with Crippen LogP contribution in [0.25, 0.3) is 0 Å². The van der Waals surface area contributed by atoms with Crippen molar-refractivity contribution < 1.29 is 19.1 Å². The van der Waals surface area contributed by atoms with Crippen LogP contribution in [-0.4, -0.2) is 60.0 Å². The highest BCUT2D eigenvalue weighted by molar-refractivity contribution is 5.99. The first-order valence-electron chi connectivity index (χ1n) is 9.28. The summed E-state index contributed by atoms with van der Waals surface area (Å²) in [7, 11) is 0. The smallest absolute Gasteiger partial charge is 0.249 e. The zero-order valence-electron chi connectivity index (χ0n) is 16.1. The second kappa shape index (κ2) is 6.89. The minimum atomic E-state index is -0.654. The van der Waals surface area contributed by atoms with Gasteiger partial charge in [0, 0.05) is 0 Å². The number of rotatable bonds is 2. The maximum absolute atomic E-state index is 12.8. The molecule has 144 valence electrons. The molecule has 0 saturated carbocycles. The number of hydrogen-bond acceptors (Lipinski definition) is 6. The average molecular weight is 364 g/mol. The fraction of sp³-hybridized carbons (Fsp3) is 0.778. The van der Waals surface area contributed by atoms with E-state index in [1.54, 1.807) is 0 Å². The molecular weight excluding hydrogens is 336 g/mol. The van der Waals surface area contributed by atoms with Gasteiger partial charge in [0.25, 0.3) is 0 Å². The van der Waals surface area contributed by atoms with Crippen molar-refractivity contribution in [1.82, 2.24) is 10.6 Å². The van der Waals surface area contributed by atoms with Crippen molar-refractivity contribution in [2.24, 2.45) is 21.8 Å². The highest BCUT2D eigenvalue weighted by atomic mass is 16.5. The van der Waals surface area contributed by atoms with Crippen molar-refractivity contribution in [3.63, 3.8) is 0 Å². The fourth-order valence-corrected chi connectivity index (χ4v) is 3.41. The maximum Gasteiger partial charge on any atom is 0.249 e. The number of ether oxygens (including phenoxy) is 2. The summed E-state index contributed by atoms with van der Waals surface area (Å²) in [6.07, 6.45) is -0.786. The Kier molecular flexibility index (Phi) is 4.94. The Labute approximate surface area is 153 Å². The molecule has 2 N–H and O–H groups in total. The van der Waals surface area contributed by atoms with Crippen molar-refractivity contribution >= 4 is 23.6 Å². The van der Waals surface area contributed by atoms with Gasteiger partial charge in [-0.25, -0.2) is 9.98 Å². The van der Waals surface area contributed by atoms with Gasteiger partial charge in [0.2, 0.25) is 23.6 Å². The highest BCUT2D eigenvalue weighted by Crippen LogP contribution is 2.23. The Morgan fingerprint density at radius 2 is 1.12 bits per heavy atom. The minimum absolute atomic E-state index is 0.0548. The van der Waals surface area contributed by atoms with E-state index >= 15 is 0 Å². The van der Waals surface area contributed by atoms with Gasteiger partial charge in [0.05, 0.1) is 0 Å². The second-order valence-electron chi connectivity index (χ2n) is 7.93. The number of fused-ring (bicyclic) bond motifs is 2. The van der Waals surface area contributed by atoms with E-state index in [0.29, 0.717) is 11.8 Å². The third-order valence-corrected chi connectivity index (χ3v) is 5.03. The lowest BCUT2D eigenvalue weighted by Crippen LogP contribution is -2.50. The molecule has 2 amide bonds. The van der Waals surface area contributed by atoms with Gasteiger partial charge >= 0.3 is 0 Å². The van der Waals surface area contributed by atoms with Crippen LogP contribution in [0.3, 0.4) is 0 Å². The lowest BCUT2D eigenvalue weighted by molar-refractivity contribution is -0.125. The second-order valence-corrected chi connectivity index (χ2v) is 7.93. The first-order chi connectivity index (χ1) is 12.2. The summed E-state index contributed by atoms with van der Waals surface area (Å²) in [6, 6.07) is -2.12. The van der Waals surface area contributed by atoms with Crippen LogP contribution >= 0.6 is 0 Å². The van der Waals surface area contributed by atoms with Crippen molar-refractivity contribution in [3.05, 3.63) is 0 Å². The molecule has 0 aromatic carbocycles. The number of carbonyl (C=O) groups is 2. The largest absolute Gasteiger partial charge is 0.474 e. The van der Waals surface area contributed by atoms with Crippen LogP contribution in [0, 0.1) is 11.8 Å². The molecule has 3 rings (SSSR count). The molecule has 3 aliphatic rings. The standard InChI is InChI=1S/C18H28N4O4/c1-7(2)11-17-21-14(9(5)25-17)16(24)20-12(8(3)4)18-22-13(10(6)26-18)15(23)19-11/h7-14H,1-6H3,(H,19,23)(H,20,24)/t9-,10-,11-,12-,13-,14+/m0/s1. The first kappa shape index (κ1) is 18.7. The molecule has 0 spiro atoms. The fourth-order valence-electron chi connectivity index (χ4n) is 3.41. The molecule has 0 radical (unpaired) electrons. The zero-order valence-corrected chi connectivity index (χ0v) is 16.1. The molecule has 8 nitrogen and oxygen atoms in total. The van der Waals surface area contributed by atoms with E-state index in [0.717, 1.165) is 0 Å². The normalized spacial score (nSPS) is 37.1. The number of nitrogens with zero attached hydrogens (tertiary/aromatic N) is 2. The third kappa shape index (κ3) is 3.29. The molecular formula is C18H28N4O4. The van der Waals surface area contributed by atoms with E-state index in [4.69, 9.17) is 9.47 Å². The van der Waals surface area contributed by atoms with Crippen molar-refractivity contribution in [3.8, 4) is 0 Å². The molecule has 6 atom stereocenters. The van der Waals surface area contributed by atoms with E-state index in [2.05, 4.69) is 20.6 Å². The average Bonchev–Trinajstić information content (AvgIpc) is 3.11. The van der Waals surface area contributed by atoms with Crippen LogP contribution in [0.2, 0.25) is 0 Å². The number of hydrogen-bond donors (Lipinski definition) is 2. The van der Waals surface area contributed by atoms with E-state index in [1.807, 2.05) is 41.5 Å². The monoisotopic (exact) mass is 364 g/mol. The Balaban J connectivity index is 2.01. The molecule has 0 saturated heterocycles. The number of amides is 2. The lowest BCUT2D eigenvalue weighted by atomic mass is 10.0. The van der Waals surface area contributed by atoms with E-state index in [-0.39, 0.29) is 23.7 Å². The Morgan fingerprint density at radius 1 is 0.769 bits per heavy atom. The summed E-state index contributed by atoms with van der Waals surface area (Å²) >= 11 is 0. The topological polar surface area (TPSA) is 101 Å². The highest BCUT2D eigenvalue weighted by Gasteiger charge is 2.44. The Hall–Kier alpha value is -2.12. The van der Waals surface area contributed by atoms with Gasteiger partial charge in [-0.3, -0.25) is 9.59 Å². The molecule has 0 fully saturated rings. The molecule has 26 heavy (non-hydrogen) atoms. The lowest BCUT2D eigenvalue weighted by Gasteiger charge is -2.25. The predicted octanol–water partition coefficient (Wildman–Crippen LogP) is 0.653. The maximum atomic E-state index is 12.8. The molecule has 0 aromatic heterocycles. The van der Waals surface area contributed by atoms with Gasteiger partial charge in [-0.2, -0.15) is 0 Å². The van der Waals surface area contributed by atoms with E-state index in [9.17, 15) is 9.59 Å². The van der Waals surface area contributed by atoms with Gasteiger partial charge in [-0.15, -0.1) is 0 Å². The summed E-state index contributed by atoms with van der Waals surface area (Å²) in [5.41, 5.74) is 0. The predicted molar refractivity (Wildman–Crippen MR) is 97.1 cm³/mol. The first-order valence-corrected chi connectivity index (χ1v) is 9.28. The van der Waals surface area contributed by atoms with Gasteiger partial charge in [-0.1, -0.05) is 27.7 Å². The van der Waals surface area contributed by atoms with Gasteiger partial charge in [0.15, 0.2) is 12.1 Å². The summed E-state index contributed by atoms with van der Waals surface area (Å²) in [4.78, 5) is 34.6. The number of aliphatic imine (C=N–C) groups is 2. The molecule has 4 bridgehead atoms. The Morgan fingerprint density at radius 3 is 1.42 bits per heavy atom. The zero-order chi connectivity index (χ0) is 19.2. The molecule has 0 aliphatic carbocycles. The summed E-state index contributed by atoms with van der Waals surface area (Å²) in [5.74, 6) is 0.473. The van der Waals surface area contributed by atoms with Crippen LogP contribution in [0.15, 0.2) is 9.98 Å². The van der Waals surface area contributed by atoms with E-state index < -0.39 is 36.4 Å². The van der Waals surface area contributed by atoms with Crippen LogP contribution in [0.4, 0.5) is 0 Å². The third-order valence-electron chi connectivity index (χ3n) is 5.03. The van der Waals surface area contributed by atoms with Crippen molar-refractivity contribution in [2.45, 2.75) is 77.9 Å². The van der Waals surface area contributed by atoms with E-state index in [1.165, 1.54) is 0 Å². The van der Waals surface area contributed by atoms with Crippen molar-refractivity contribution in [2.75, 3.05) is 0 Å². The van der Waals surface area contributed by atoms with Gasteiger partial charge in [0.1, 0.15) is 24.3 Å². The molecule has 0 aromatic rings. The molecule has 3 aliphatic heterocycles.